The summed E-state index contributed by atoms with van der Waals surface area (Å²) in [7, 11) is 1.06. The maximum Gasteiger partial charge on any atom is 0.419 e. The molecule has 1 aromatic rings. The molecular formula is C9H7F4O2. The van der Waals surface area contributed by atoms with Crippen molar-refractivity contribution in [1.82, 2.24) is 0 Å². The van der Waals surface area contributed by atoms with E-state index in [0.717, 1.165) is 13.2 Å². The highest BCUT2D eigenvalue weighted by Crippen LogP contribution is 2.33. The zero-order chi connectivity index (χ0) is 11.6. The largest absolute Gasteiger partial charge is 0.419 e. The van der Waals surface area contributed by atoms with Crippen LogP contribution in [-0.4, -0.2) is 7.11 Å². The molecule has 1 rings (SSSR count). The predicted molar refractivity (Wildman–Crippen MR) is 41.8 cm³/mol. The Morgan fingerprint density at radius 3 is 2.40 bits per heavy atom. The zero-order valence-electron chi connectivity index (χ0n) is 7.64. The third-order valence-corrected chi connectivity index (χ3v) is 1.78. The van der Waals surface area contributed by atoms with Gasteiger partial charge in [0.1, 0.15) is 5.82 Å². The summed E-state index contributed by atoms with van der Waals surface area (Å²) in [5.41, 5.74) is -1.72. The van der Waals surface area contributed by atoms with Crippen LogP contribution in [-0.2, 0) is 16.0 Å². The molecule has 0 aliphatic heterocycles. The smallest absolute Gasteiger partial charge is 0.349 e. The topological polar surface area (TPSA) is 29.1 Å². The van der Waals surface area contributed by atoms with Crippen molar-refractivity contribution in [3.63, 3.8) is 0 Å². The number of rotatable bonds is 2. The summed E-state index contributed by atoms with van der Waals surface area (Å²) >= 11 is 0. The highest BCUT2D eigenvalue weighted by Gasteiger charge is 2.34. The summed E-state index contributed by atoms with van der Waals surface area (Å²) < 4.78 is 53.7. The van der Waals surface area contributed by atoms with Crippen molar-refractivity contribution in [1.29, 1.82) is 0 Å². The highest BCUT2D eigenvalue weighted by atomic mass is 19.4. The first-order valence-corrected chi connectivity index (χ1v) is 3.91. The fraction of sp³-hybridized carbons (Fsp3) is 0.333. The molecule has 0 saturated carbocycles. The summed E-state index contributed by atoms with van der Waals surface area (Å²) in [5.74, 6) is -1.41. The van der Waals surface area contributed by atoms with Gasteiger partial charge in [-0.15, -0.1) is 0 Å². The van der Waals surface area contributed by atoms with Gasteiger partial charge in [0.05, 0.1) is 5.56 Å². The summed E-state index contributed by atoms with van der Waals surface area (Å²) in [6, 6.07) is 2.02. The zero-order valence-corrected chi connectivity index (χ0v) is 7.64. The molecule has 6 heteroatoms. The van der Waals surface area contributed by atoms with Crippen molar-refractivity contribution in [2.75, 3.05) is 7.11 Å². The first kappa shape index (κ1) is 11.9. The molecule has 1 radical (unpaired) electrons. The normalized spacial score (nSPS) is 14.0. The van der Waals surface area contributed by atoms with Crippen molar-refractivity contribution >= 4 is 0 Å². The van der Waals surface area contributed by atoms with Crippen LogP contribution in [0.5, 0.6) is 0 Å². The molecule has 15 heavy (non-hydrogen) atoms. The van der Waals surface area contributed by atoms with Crippen LogP contribution in [0.2, 0.25) is 0 Å². The van der Waals surface area contributed by atoms with Gasteiger partial charge in [-0.25, -0.2) is 4.39 Å². The van der Waals surface area contributed by atoms with Crippen LogP contribution in [0.1, 0.15) is 17.4 Å². The molecule has 1 atom stereocenters. The summed E-state index contributed by atoms with van der Waals surface area (Å²) in [6.07, 6.45) is -6.56. The van der Waals surface area contributed by atoms with Gasteiger partial charge >= 0.3 is 6.18 Å². The van der Waals surface area contributed by atoms with Crippen molar-refractivity contribution in [3.8, 4) is 0 Å². The van der Waals surface area contributed by atoms with Crippen LogP contribution >= 0.6 is 0 Å². The summed E-state index contributed by atoms with van der Waals surface area (Å²) in [6.45, 7) is 0. The second-order valence-electron chi connectivity index (χ2n) is 2.80. The van der Waals surface area contributed by atoms with Gasteiger partial charge in [0, 0.05) is 12.7 Å². The van der Waals surface area contributed by atoms with E-state index in [4.69, 9.17) is 0 Å². The molecule has 0 aliphatic carbocycles. The van der Waals surface area contributed by atoms with E-state index in [0.29, 0.717) is 12.1 Å². The van der Waals surface area contributed by atoms with E-state index in [1.165, 1.54) is 0 Å². The standard InChI is InChI=1S/C9H7F4O2/c1-15-8(14)5-2-3-7(10)6(4-5)9(11,12)13/h2-4,8H,1H3. The third-order valence-electron chi connectivity index (χ3n) is 1.78. The Bertz CT molecular complexity index is 348. The van der Waals surface area contributed by atoms with Gasteiger partial charge in [-0.05, 0) is 12.1 Å². The fourth-order valence-electron chi connectivity index (χ4n) is 1.04. The van der Waals surface area contributed by atoms with Gasteiger partial charge in [-0.3, -0.25) is 0 Å². The molecular weight excluding hydrogens is 216 g/mol. The molecule has 2 nitrogen and oxygen atoms in total. The molecule has 0 heterocycles. The molecule has 0 spiro atoms. The first-order valence-electron chi connectivity index (χ1n) is 3.91. The second kappa shape index (κ2) is 4.16. The number of methoxy groups -OCH3 is 1. The Balaban J connectivity index is 3.17. The molecule has 1 unspecified atom stereocenters. The minimum atomic E-state index is -4.81. The van der Waals surface area contributed by atoms with Gasteiger partial charge in [0.2, 0.25) is 6.29 Å². The van der Waals surface area contributed by atoms with Gasteiger partial charge in [0.15, 0.2) is 0 Å². The van der Waals surface area contributed by atoms with Crippen LogP contribution < -0.4 is 0 Å². The predicted octanol–water partition coefficient (Wildman–Crippen LogP) is 2.92. The van der Waals surface area contributed by atoms with Crippen molar-refractivity contribution in [3.05, 3.63) is 35.1 Å². The summed E-state index contributed by atoms with van der Waals surface area (Å²) in [4.78, 5) is 0. The minimum Gasteiger partial charge on any atom is -0.349 e. The molecule has 0 fully saturated rings. The lowest BCUT2D eigenvalue weighted by Crippen LogP contribution is -2.10. The van der Waals surface area contributed by atoms with Gasteiger partial charge in [-0.2, -0.15) is 18.3 Å². The number of benzene rings is 1. The Morgan fingerprint density at radius 2 is 1.93 bits per heavy atom. The van der Waals surface area contributed by atoms with Gasteiger partial charge < -0.3 is 4.74 Å². The molecule has 0 N–H and O–H groups in total. The van der Waals surface area contributed by atoms with E-state index in [1.54, 1.807) is 0 Å². The van der Waals surface area contributed by atoms with Gasteiger partial charge in [0.25, 0.3) is 0 Å². The van der Waals surface area contributed by atoms with Crippen molar-refractivity contribution < 1.29 is 27.4 Å². The minimum absolute atomic E-state index is 0.258. The Kier molecular flexibility index (Phi) is 3.31. The second-order valence-corrected chi connectivity index (χ2v) is 2.80. The molecule has 0 amide bonds. The van der Waals surface area contributed by atoms with Crippen LogP contribution in [0.4, 0.5) is 17.6 Å². The Morgan fingerprint density at radius 1 is 1.33 bits per heavy atom. The molecule has 0 saturated heterocycles. The van der Waals surface area contributed by atoms with E-state index < -0.39 is 23.8 Å². The molecule has 83 valence electrons. The Hall–Kier alpha value is -1.14. The monoisotopic (exact) mass is 223 g/mol. The maximum absolute atomic E-state index is 12.8. The van der Waals surface area contributed by atoms with Crippen LogP contribution in [0.25, 0.3) is 0 Å². The van der Waals surface area contributed by atoms with Crippen LogP contribution in [0.15, 0.2) is 18.2 Å². The Labute approximate surface area is 83.1 Å². The SMILES string of the molecule is COC([O])c1ccc(F)c(C(F)(F)F)c1. The number of ether oxygens (including phenoxy) is 1. The third kappa shape index (κ3) is 2.66. The van der Waals surface area contributed by atoms with E-state index in [1.807, 2.05) is 0 Å². The molecule has 0 bridgehead atoms. The summed E-state index contributed by atoms with van der Waals surface area (Å²) in [5, 5.41) is 11.0. The molecule has 0 aliphatic rings. The van der Waals surface area contributed by atoms with E-state index in [-0.39, 0.29) is 5.56 Å². The highest BCUT2D eigenvalue weighted by molar-refractivity contribution is 5.27. The number of alkyl halides is 3. The number of hydrogen-bond donors (Lipinski definition) is 0. The quantitative estimate of drug-likeness (QED) is 0.559. The van der Waals surface area contributed by atoms with Crippen LogP contribution in [0.3, 0.4) is 0 Å². The maximum atomic E-state index is 12.8. The number of hydrogen-bond acceptors (Lipinski definition) is 1. The lowest BCUT2D eigenvalue weighted by molar-refractivity contribution is -0.141. The first-order chi connectivity index (χ1) is 6.86. The van der Waals surface area contributed by atoms with E-state index >= 15 is 0 Å². The van der Waals surface area contributed by atoms with Crippen molar-refractivity contribution in [2.45, 2.75) is 12.5 Å². The van der Waals surface area contributed by atoms with Crippen molar-refractivity contribution in [2.24, 2.45) is 0 Å². The lowest BCUT2D eigenvalue weighted by atomic mass is 10.1. The number of halogens is 4. The lowest BCUT2D eigenvalue weighted by Gasteiger charge is -2.11. The average molecular weight is 223 g/mol. The van der Waals surface area contributed by atoms with Gasteiger partial charge in [-0.1, -0.05) is 6.07 Å². The van der Waals surface area contributed by atoms with E-state index in [2.05, 4.69) is 4.74 Å². The average Bonchev–Trinajstić information content (AvgIpc) is 2.15. The molecule has 1 aromatic carbocycles. The fourth-order valence-corrected chi connectivity index (χ4v) is 1.04. The van der Waals surface area contributed by atoms with E-state index in [9.17, 15) is 22.7 Å². The molecule has 0 aromatic heterocycles. The van der Waals surface area contributed by atoms with Crippen LogP contribution in [0, 0.1) is 5.82 Å².